The summed E-state index contributed by atoms with van der Waals surface area (Å²) in [6.45, 7) is 8.15. The van der Waals surface area contributed by atoms with Gasteiger partial charge in [-0.25, -0.2) is 4.99 Å². The molecule has 0 aromatic rings. The van der Waals surface area contributed by atoms with Gasteiger partial charge >= 0.3 is 7.60 Å². The first kappa shape index (κ1) is 17.9. The third-order valence-corrected chi connectivity index (χ3v) is 4.49. The van der Waals surface area contributed by atoms with Crippen LogP contribution in [-0.2, 0) is 13.6 Å². The molecular weight excluding hydrogens is 269 g/mol. The number of unbranched alkanes of at least 4 members (excludes halogenated alkanes) is 2. The van der Waals surface area contributed by atoms with Crippen molar-refractivity contribution in [1.82, 2.24) is 0 Å². The van der Waals surface area contributed by atoms with E-state index in [4.69, 9.17) is 9.05 Å². The van der Waals surface area contributed by atoms with Crippen LogP contribution in [0.4, 0.5) is 0 Å². The highest BCUT2D eigenvalue weighted by Gasteiger charge is 2.26. The molecule has 0 bridgehead atoms. The van der Waals surface area contributed by atoms with Gasteiger partial charge in [0.2, 0.25) is 0 Å². The maximum atomic E-state index is 12.4. The van der Waals surface area contributed by atoms with Gasteiger partial charge in [0.15, 0.2) is 0 Å². The van der Waals surface area contributed by atoms with Crippen LogP contribution in [0, 0.1) is 0 Å². The Morgan fingerprint density at radius 3 is 2.11 bits per heavy atom. The fraction of sp³-hybridized carbons (Fsp3) is 0.917. The van der Waals surface area contributed by atoms with Crippen molar-refractivity contribution in [3.05, 3.63) is 0 Å². The summed E-state index contributed by atoms with van der Waals surface area (Å²) in [5.41, 5.74) is 0. The molecule has 0 aliphatic heterocycles. The van der Waals surface area contributed by atoms with Gasteiger partial charge in [-0.2, -0.15) is 0 Å². The van der Waals surface area contributed by atoms with Gasteiger partial charge in [-0.1, -0.05) is 6.42 Å². The predicted octanol–water partition coefficient (Wildman–Crippen LogP) is 4.30. The van der Waals surface area contributed by atoms with Crippen LogP contribution in [0.25, 0.3) is 0 Å². The Labute approximate surface area is 116 Å². The second-order valence-corrected chi connectivity index (χ2v) is 6.95. The van der Waals surface area contributed by atoms with Crippen LogP contribution >= 0.6 is 19.8 Å². The van der Waals surface area contributed by atoms with E-state index in [-0.39, 0.29) is 12.2 Å². The van der Waals surface area contributed by atoms with Crippen LogP contribution in [0.5, 0.6) is 0 Å². The molecule has 0 heterocycles. The molecule has 0 amide bonds. The third kappa shape index (κ3) is 9.93. The number of rotatable bonds is 10. The largest absolute Gasteiger partial charge is 0.331 e. The molecule has 0 rings (SSSR count). The molecule has 0 aromatic carbocycles. The summed E-state index contributed by atoms with van der Waals surface area (Å²) in [4.78, 5) is 3.84. The molecule has 4 nitrogen and oxygen atoms in total. The number of thiocarbonyl (C=S) groups is 1. The number of hydrogen-bond donors (Lipinski definition) is 0. The summed E-state index contributed by atoms with van der Waals surface area (Å²) < 4.78 is 23.3. The Balaban J connectivity index is 4.08. The van der Waals surface area contributed by atoms with Crippen molar-refractivity contribution in [1.29, 1.82) is 0 Å². The zero-order valence-electron chi connectivity index (χ0n) is 11.7. The molecule has 0 fully saturated rings. The van der Waals surface area contributed by atoms with E-state index >= 15 is 0 Å². The average Bonchev–Trinajstić information content (AvgIpc) is 2.20. The molecule has 18 heavy (non-hydrogen) atoms. The van der Waals surface area contributed by atoms with Crippen molar-refractivity contribution in [3.63, 3.8) is 0 Å². The van der Waals surface area contributed by atoms with Crippen LogP contribution < -0.4 is 0 Å². The minimum atomic E-state index is -2.95. The fourth-order valence-corrected chi connectivity index (χ4v) is 3.74. The van der Waals surface area contributed by atoms with Crippen molar-refractivity contribution in [3.8, 4) is 0 Å². The minimum absolute atomic E-state index is 0.0889. The molecule has 0 unspecified atom stereocenters. The summed E-state index contributed by atoms with van der Waals surface area (Å²) in [5, 5.41) is 2.33. The quantitative estimate of drug-likeness (QED) is 0.261. The number of aliphatic imine (C=N–C) groups is 1. The van der Waals surface area contributed by atoms with E-state index in [0.29, 0.717) is 12.7 Å². The van der Waals surface area contributed by atoms with Crippen molar-refractivity contribution in [2.75, 3.05) is 12.7 Å². The van der Waals surface area contributed by atoms with E-state index in [2.05, 4.69) is 22.4 Å². The normalized spacial score (nSPS) is 11.9. The maximum absolute atomic E-state index is 12.4. The van der Waals surface area contributed by atoms with Gasteiger partial charge in [-0.15, -0.1) is 0 Å². The predicted molar refractivity (Wildman–Crippen MR) is 78.7 cm³/mol. The zero-order chi connectivity index (χ0) is 14.0. The van der Waals surface area contributed by atoms with Gasteiger partial charge < -0.3 is 9.05 Å². The Kier molecular flexibility index (Phi) is 9.80. The lowest BCUT2D eigenvalue weighted by molar-refractivity contribution is 0.142. The first-order chi connectivity index (χ1) is 8.39. The Morgan fingerprint density at radius 2 is 1.67 bits per heavy atom. The van der Waals surface area contributed by atoms with E-state index in [0.717, 1.165) is 19.3 Å². The van der Waals surface area contributed by atoms with Crippen molar-refractivity contribution in [2.45, 2.75) is 59.2 Å². The maximum Gasteiger partial charge on any atom is 0.331 e. The molecule has 0 aliphatic carbocycles. The highest BCUT2D eigenvalue weighted by atomic mass is 32.1. The topological polar surface area (TPSA) is 47.9 Å². The molecule has 0 atom stereocenters. The summed E-state index contributed by atoms with van der Waals surface area (Å²) in [6, 6.07) is 0. The lowest BCUT2D eigenvalue weighted by Crippen LogP contribution is -2.10. The van der Waals surface area contributed by atoms with E-state index in [1.807, 2.05) is 27.7 Å². The summed E-state index contributed by atoms with van der Waals surface area (Å²) in [5.74, 6) is 0. The second-order valence-electron chi connectivity index (χ2n) is 4.68. The van der Waals surface area contributed by atoms with Gasteiger partial charge in [-0.05, 0) is 52.8 Å². The van der Waals surface area contributed by atoms with Gasteiger partial charge in [-0.3, -0.25) is 4.57 Å². The molecule has 0 aromatic heterocycles. The molecule has 106 valence electrons. The second kappa shape index (κ2) is 9.82. The van der Waals surface area contributed by atoms with E-state index < -0.39 is 7.60 Å². The third-order valence-electron chi connectivity index (χ3n) is 2.01. The molecule has 6 heteroatoms. The SMILES string of the molecule is CC(C)OP(=O)(CCCCCN=C=S)OC(C)C. The fourth-order valence-electron chi connectivity index (χ4n) is 1.49. The highest BCUT2D eigenvalue weighted by molar-refractivity contribution is 7.78. The number of nitrogens with zero attached hydrogens (tertiary/aromatic N) is 1. The monoisotopic (exact) mass is 293 g/mol. The highest BCUT2D eigenvalue weighted by Crippen LogP contribution is 2.51. The standard InChI is InChI=1S/C12H24NO3PS/c1-11(2)15-17(14,16-12(3)4)9-7-5-6-8-13-10-18/h11-12H,5-9H2,1-4H3. The average molecular weight is 293 g/mol. The van der Waals surface area contributed by atoms with Gasteiger partial charge in [0, 0.05) is 6.54 Å². The first-order valence-corrected chi connectivity index (χ1v) is 8.52. The van der Waals surface area contributed by atoms with Gasteiger partial charge in [0.25, 0.3) is 0 Å². The van der Waals surface area contributed by atoms with E-state index in [1.165, 1.54) is 0 Å². The summed E-state index contributed by atoms with van der Waals surface area (Å²) in [7, 11) is -2.95. The molecular formula is C12H24NO3PS. The number of hydrogen-bond acceptors (Lipinski definition) is 5. The van der Waals surface area contributed by atoms with Gasteiger partial charge in [0.05, 0.1) is 23.5 Å². The van der Waals surface area contributed by atoms with Crippen molar-refractivity contribution < 1.29 is 13.6 Å². The zero-order valence-corrected chi connectivity index (χ0v) is 13.4. The van der Waals surface area contributed by atoms with Crippen molar-refractivity contribution >= 4 is 25.0 Å². The summed E-state index contributed by atoms with van der Waals surface area (Å²) >= 11 is 4.48. The van der Waals surface area contributed by atoms with E-state index in [9.17, 15) is 4.57 Å². The lowest BCUT2D eigenvalue weighted by Gasteiger charge is -2.22. The molecule has 0 N–H and O–H groups in total. The molecule has 0 spiro atoms. The number of isothiocyanates is 1. The first-order valence-electron chi connectivity index (χ1n) is 6.39. The Bertz CT molecular complexity index is 300. The molecule has 0 radical (unpaired) electrons. The van der Waals surface area contributed by atoms with Crippen molar-refractivity contribution in [2.24, 2.45) is 4.99 Å². The van der Waals surface area contributed by atoms with Gasteiger partial charge in [0.1, 0.15) is 0 Å². The van der Waals surface area contributed by atoms with Crippen LogP contribution in [0.3, 0.4) is 0 Å². The Morgan fingerprint density at radius 1 is 1.11 bits per heavy atom. The van der Waals surface area contributed by atoms with Crippen LogP contribution in [0.15, 0.2) is 4.99 Å². The summed E-state index contributed by atoms with van der Waals surface area (Å²) in [6.07, 6.45) is 2.96. The lowest BCUT2D eigenvalue weighted by atomic mass is 10.2. The molecule has 0 saturated heterocycles. The minimum Gasteiger partial charge on any atom is -0.306 e. The van der Waals surface area contributed by atoms with E-state index in [1.54, 1.807) is 0 Å². The van der Waals surface area contributed by atoms with Crippen LogP contribution in [0.2, 0.25) is 0 Å². The smallest absolute Gasteiger partial charge is 0.306 e. The Hall–Kier alpha value is -0.0500. The van der Waals surface area contributed by atoms with Crippen LogP contribution in [0.1, 0.15) is 47.0 Å². The molecule has 0 saturated carbocycles. The van der Waals surface area contributed by atoms with Crippen LogP contribution in [-0.4, -0.2) is 30.1 Å². The molecule has 0 aliphatic rings.